The van der Waals surface area contributed by atoms with Crippen LogP contribution >= 0.6 is 0 Å². The molecular formula is C22H25FN6O2. The summed E-state index contributed by atoms with van der Waals surface area (Å²) in [5.74, 6) is -0.591. The Labute approximate surface area is 179 Å². The number of aryl methyl sites for hydroxylation is 1. The molecule has 9 heteroatoms. The van der Waals surface area contributed by atoms with E-state index in [0.717, 1.165) is 35.2 Å². The minimum atomic E-state index is -0.497. The second-order valence-corrected chi connectivity index (χ2v) is 7.63. The van der Waals surface area contributed by atoms with E-state index in [0.29, 0.717) is 26.1 Å². The molecule has 0 unspecified atom stereocenters. The zero-order valence-corrected chi connectivity index (χ0v) is 17.6. The minimum absolute atomic E-state index is 0.0699. The monoisotopic (exact) mass is 424 g/mol. The Hall–Kier alpha value is -3.33. The highest BCUT2D eigenvalue weighted by Gasteiger charge is 2.22. The molecule has 0 atom stereocenters. The summed E-state index contributed by atoms with van der Waals surface area (Å²) in [5, 5.41) is 2.47. The molecule has 1 amide bonds. The van der Waals surface area contributed by atoms with Crippen molar-refractivity contribution in [1.29, 1.82) is 0 Å². The average molecular weight is 424 g/mol. The predicted octanol–water partition coefficient (Wildman–Crippen LogP) is 1.70. The third-order valence-corrected chi connectivity index (χ3v) is 5.60. The summed E-state index contributed by atoms with van der Waals surface area (Å²) in [4.78, 5) is 39.5. The van der Waals surface area contributed by atoms with Gasteiger partial charge in [0.15, 0.2) is 11.6 Å². The first-order chi connectivity index (χ1) is 15.0. The second kappa shape index (κ2) is 8.81. The Bertz CT molecular complexity index is 1170. The molecule has 0 spiro atoms. The summed E-state index contributed by atoms with van der Waals surface area (Å²) in [6, 6.07) is 5.03. The van der Waals surface area contributed by atoms with E-state index in [-0.39, 0.29) is 22.8 Å². The number of carbonyl (C=O) groups excluding carboxylic acids is 1. The van der Waals surface area contributed by atoms with Crippen molar-refractivity contribution in [2.75, 3.05) is 38.1 Å². The van der Waals surface area contributed by atoms with E-state index in [2.05, 4.69) is 25.2 Å². The molecule has 0 aromatic carbocycles. The number of rotatable bonds is 5. The highest BCUT2D eigenvalue weighted by Crippen LogP contribution is 2.20. The molecule has 0 aliphatic carbocycles. The van der Waals surface area contributed by atoms with Gasteiger partial charge in [-0.25, -0.2) is 9.37 Å². The van der Waals surface area contributed by atoms with Gasteiger partial charge in [-0.3, -0.25) is 19.5 Å². The fourth-order valence-electron chi connectivity index (χ4n) is 3.82. The zero-order chi connectivity index (χ0) is 22.0. The van der Waals surface area contributed by atoms with Crippen LogP contribution in [0.5, 0.6) is 0 Å². The maximum atomic E-state index is 14.5. The van der Waals surface area contributed by atoms with Crippen molar-refractivity contribution in [3.05, 3.63) is 63.5 Å². The Balaban J connectivity index is 1.41. The number of anilines is 1. The number of fused-ring (bicyclic) bond motifs is 1. The lowest BCUT2D eigenvalue weighted by molar-refractivity contribution is 0.0962. The van der Waals surface area contributed by atoms with E-state index < -0.39 is 5.82 Å². The van der Waals surface area contributed by atoms with Crippen LogP contribution in [0, 0.1) is 5.82 Å². The van der Waals surface area contributed by atoms with Crippen LogP contribution < -0.4 is 15.8 Å². The Morgan fingerprint density at radius 1 is 1.16 bits per heavy atom. The van der Waals surface area contributed by atoms with E-state index in [4.69, 9.17) is 0 Å². The Kier molecular flexibility index (Phi) is 5.94. The Morgan fingerprint density at radius 3 is 2.61 bits per heavy atom. The topological polar surface area (TPSA) is 94.2 Å². The van der Waals surface area contributed by atoms with Crippen molar-refractivity contribution in [2.45, 2.75) is 19.9 Å². The standard InChI is InChI=1S/C22H25FN6O2/c1-3-15-10-18-19(27-22(15)31)8-14(11-25-18)13-28-4-6-29(7-5-28)20-17(23)9-16(12-26-20)21(30)24-2/h8-12H,3-7,13H2,1-2H3,(H,24,30)(H,27,31). The number of halogens is 1. The van der Waals surface area contributed by atoms with Gasteiger partial charge in [-0.15, -0.1) is 0 Å². The summed E-state index contributed by atoms with van der Waals surface area (Å²) >= 11 is 0. The number of nitrogens with zero attached hydrogens (tertiary/aromatic N) is 4. The van der Waals surface area contributed by atoms with Crippen molar-refractivity contribution in [3.63, 3.8) is 0 Å². The van der Waals surface area contributed by atoms with Gasteiger partial charge in [0.1, 0.15) is 0 Å². The molecule has 2 N–H and O–H groups in total. The number of aromatic amines is 1. The van der Waals surface area contributed by atoms with Crippen molar-refractivity contribution < 1.29 is 9.18 Å². The second-order valence-electron chi connectivity index (χ2n) is 7.63. The van der Waals surface area contributed by atoms with Gasteiger partial charge >= 0.3 is 0 Å². The lowest BCUT2D eigenvalue weighted by atomic mass is 10.1. The highest BCUT2D eigenvalue weighted by atomic mass is 19.1. The number of nitrogens with one attached hydrogen (secondary N) is 2. The summed E-state index contributed by atoms with van der Waals surface area (Å²) in [6.07, 6.45) is 3.91. The van der Waals surface area contributed by atoms with Gasteiger partial charge in [0.25, 0.3) is 11.5 Å². The van der Waals surface area contributed by atoms with E-state index >= 15 is 0 Å². The molecule has 0 radical (unpaired) electrons. The molecule has 3 aromatic rings. The molecule has 0 saturated carbocycles. The van der Waals surface area contributed by atoms with E-state index in [1.807, 2.05) is 30.2 Å². The largest absolute Gasteiger partial charge is 0.355 e. The zero-order valence-electron chi connectivity index (χ0n) is 17.6. The summed E-state index contributed by atoms with van der Waals surface area (Å²) < 4.78 is 14.5. The molecule has 8 nitrogen and oxygen atoms in total. The first-order valence-corrected chi connectivity index (χ1v) is 10.3. The number of carbonyl (C=O) groups is 1. The lowest BCUT2D eigenvalue weighted by Crippen LogP contribution is -2.46. The lowest BCUT2D eigenvalue weighted by Gasteiger charge is -2.35. The van der Waals surface area contributed by atoms with Crippen LogP contribution in [0.2, 0.25) is 0 Å². The number of aromatic nitrogens is 3. The molecule has 0 bridgehead atoms. The van der Waals surface area contributed by atoms with Gasteiger partial charge in [0.2, 0.25) is 0 Å². The molecule has 1 aliphatic rings. The molecule has 162 valence electrons. The van der Waals surface area contributed by atoms with Gasteiger partial charge in [0.05, 0.1) is 16.6 Å². The number of H-pyrrole nitrogens is 1. The van der Waals surface area contributed by atoms with Crippen molar-refractivity contribution in [1.82, 2.24) is 25.2 Å². The van der Waals surface area contributed by atoms with Gasteiger partial charge < -0.3 is 15.2 Å². The van der Waals surface area contributed by atoms with Crippen LogP contribution in [0.1, 0.15) is 28.4 Å². The molecular weight excluding hydrogens is 399 g/mol. The normalized spacial score (nSPS) is 14.7. The summed E-state index contributed by atoms with van der Waals surface area (Å²) in [6.45, 7) is 5.37. The number of pyridine rings is 3. The van der Waals surface area contributed by atoms with Gasteiger partial charge in [-0.1, -0.05) is 6.92 Å². The van der Waals surface area contributed by atoms with Crippen molar-refractivity contribution in [3.8, 4) is 0 Å². The molecule has 4 heterocycles. The first kappa shape index (κ1) is 20.9. The molecule has 1 aliphatic heterocycles. The molecule has 1 fully saturated rings. The van der Waals surface area contributed by atoms with E-state index in [1.165, 1.54) is 19.3 Å². The SMILES string of the molecule is CCc1cc2ncc(CN3CCN(c4ncc(C(=O)NC)cc4F)CC3)cc2[nH]c1=O. The van der Waals surface area contributed by atoms with Crippen LogP contribution in [0.4, 0.5) is 10.2 Å². The minimum Gasteiger partial charge on any atom is -0.355 e. The van der Waals surface area contributed by atoms with Crippen LogP contribution in [0.15, 0.2) is 35.4 Å². The van der Waals surface area contributed by atoms with E-state index in [1.54, 1.807) is 0 Å². The fourth-order valence-corrected chi connectivity index (χ4v) is 3.82. The highest BCUT2D eigenvalue weighted by molar-refractivity contribution is 5.93. The summed E-state index contributed by atoms with van der Waals surface area (Å²) in [7, 11) is 1.50. The third kappa shape index (κ3) is 4.41. The maximum absolute atomic E-state index is 14.5. The maximum Gasteiger partial charge on any atom is 0.252 e. The molecule has 1 saturated heterocycles. The summed E-state index contributed by atoms with van der Waals surface area (Å²) in [5.41, 5.74) is 3.40. The number of piperazine rings is 1. The predicted molar refractivity (Wildman–Crippen MR) is 117 cm³/mol. The van der Waals surface area contributed by atoms with Crippen molar-refractivity contribution in [2.24, 2.45) is 0 Å². The van der Waals surface area contributed by atoms with Crippen LogP contribution in [0.3, 0.4) is 0 Å². The van der Waals surface area contributed by atoms with Gasteiger partial charge in [-0.05, 0) is 30.2 Å². The number of hydrogen-bond donors (Lipinski definition) is 2. The smallest absolute Gasteiger partial charge is 0.252 e. The van der Waals surface area contributed by atoms with Crippen LogP contribution in [0.25, 0.3) is 11.0 Å². The molecule has 31 heavy (non-hydrogen) atoms. The van der Waals surface area contributed by atoms with Crippen molar-refractivity contribution >= 4 is 22.8 Å². The van der Waals surface area contributed by atoms with Gasteiger partial charge in [0, 0.05) is 57.7 Å². The van der Waals surface area contributed by atoms with E-state index in [9.17, 15) is 14.0 Å². The number of hydrogen-bond acceptors (Lipinski definition) is 6. The molecule has 4 rings (SSSR count). The molecule has 3 aromatic heterocycles. The van der Waals surface area contributed by atoms with Crippen LogP contribution in [-0.4, -0.2) is 59.0 Å². The third-order valence-electron chi connectivity index (χ3n) is 5.60. The Morgan fingerprint density at radius 2 is 1.94 bits per heavy atom. The first-order valence-electron chi connectivity index (χ1n) is 10.3. The van der Waals surface area contributed by atoms with Gasteiger partial charge in [-0.2, -0.15) is 0 Å². The quantitative estimate of drug-likeness (QED) is 0.648. The van der Waals surface area contributed by atoms with Crippen LogP contribution in [-0.2, 0) is 13.0 Å². The fraction of sp³-hybridized carbons (Fsp3) is 0.364. The number of amides is 1. The average Bonchev–Trinajstić information content (AvgIpc) is 2.78.